The van der Waals surface area contributed by atoms with Crippen molar-refractivity contribution in [3.63, 3.8) is 0 Å². The summed E-state index contributed by atoms with van der Waals surface area (Å²) >= 11 is 0. The van der Waals surface area contributed by atoms with E-state index in [0.29, 0.717) is 24.6 Å². The number of hydrogen-bond acceptors (Lipinski definition) is 4. The largest absolute Gasteiger partial charge is 0.489 e. The Morgan fingerprint density at radius 2 is 1.70 bits per heavy atom. The van der Waals surface area contributed by atoms with Crippen LogP contribution in [0.25, 0.3) is 0 Å². The standard InChI is InChI=1S/C32H34N2O3/c1-31(2,3)23-12-8-13-24(20-23)36-21-27-25-14-9-15-28(35)26(25)16-17-29(27)37-32(4,30-33-18-19-34-30)22-10-6-5-7-11-22/h5-8,10-13,16-20H,9,14-15,21H2,1-4H3,(H,33,34)/t32-/m0/s1. The fourth-order valence-electron chi connectivity index (χ4n) is 4.99. The van der Waals surface area contributed by atoms with E-state index in [-0.39, 0.29) is 11.2 Å². The first kappa shape index (κ1) is 24.8. The van der Waals surface area contributed by atoms with Crippen LogP contribution in [0.5, 0.6) is 11.5 Å². The Bertz CT molecular complexity index is 1390. The highest BCUT2D eigenvalue weighted by molar-refractivity contribution is 5.99. The van der Waals surface area contributed by atoms with Crippen LogP contribution >= 0.6 is 0 Å². The van der Waals surface area contributed by atoms with Crippen LogP contribution in [0, 0.1) is 0 Å². The average Bonchev–Trinajstić information content (AvgIpc) is 3.44. The zero-order chi connectivity index (χ0) is 26.0. The van der Waals surface area contributed by atoms with Crippen LogP contribution in [0.4, 0.5) is 0 Å². The highest BCUT2D eigenvalue weighted by atomic mass is 16.5. The van der Waals surface area contributed by atoms with Crippen LogP contribution in [-0.2, 0) is 24.0 Å². The molecule has 0 spiro atoms. The summed E-state index contributed by atoms with van der Waals surface area (Å²) in [6.07, 6.45) is 5.77. The Kier molecular flexibility index (Phi) is 6.63. The average molecular weight is 495 g/mol. The van der Waals surface area contributed by atoms with E-state index in [2.05, 4.69) is 42.9 Å². The van der Waals surface area contributed by atoms with E-state index in [4.69, 9.17) is 9.47 Å². The molecule has 0 unspecified atom stereocenters. The Morgan fingerprint density at radius 3 is 2.43 bits per heavy atom. The number of nitrogens with zero attached hydrogens (tertiary/aromatic N) is 1. The molecule has 1 atom stereocenters. The molecule has 4 aromatic rings. The zero-order valence-corrected chi connectivity index (χ0v) is 22.0. The van der Waals surface area contributed by atoms with Gasteiger partial charge >= 0.3 is 0 Å². The van der Waals surface area contributed by atoms with Crippen molar-refractivity contribution < 1.29 is 14.3 Å². The summed E-state index contributed by atoms with van der Waals surface area (Å²) in [5.74, 6) is 2.39. The van der Waals surface area contributed by atoms with Gasteiger partial charge in [-0.05, 0) is 60.6 Å². The molecular weight excluding hydrogens is 460 g/mol. The molecular formula is C32H34N2O3. The van der Waals surface area contributed by atoms with Gasteiger partial charge in [-0.15, -0.1) is 0 Å². The van der Waals surface area contributed by atoms with Crippen molar-refractivity contribution in [2.24, 2.45) is 0 Å². The van der Waals surface area contributed by atoms with E-state index >= 15 is 0 Å². The molecule has 5 heteroatoms. The number of fused-ring (bicyclic) bond motifs is 1. The van der Waals surface area contributed by atoms with Gasteiger partial charge < -0.3 is 14.5 Å². The first-order valence-corrected chi connectivity index (χ1v) is 12.9. The Hall–Kier alpha value is -3.86. The highest BCUT2D eigenvalue weighted by Gasteiger charge is 2.35. The summed E-state index contributed by atoms with van der Waals surface area (Å²) in [6, 6.07) is 22.1. The molecule has 3 aromatic carbocycles. The second kappa shape index (κ2) is 9.89. The smallest absolute Gasteiger partial charge is 0.188 e. The number of carbonyl (C=O) groups excluding carboxylic acids is 1. The number of rotatable bonds is 7. The molecule has 1 aliphatic carbocycles. The number of carbonyl (C=O) groups is 1. The fourth-order valence-corrected chi connectivity index (χ4v) is 4.99. The van der Waals surface area contributed by atoms with Gasteiger partial charge in [-0.2, -0.15) is 0 Å². The molecule has 0 amide bonds. The molecule has 1 N–H and O–H groups in total. The fraction of sp³-hybridized carbons (Fsp3) is 0.312. The normalized spacial score (nSPS) is 15.1. The first-order valence-electron chi connectivity index (χ1n) is 12.9. The van der Waals surface area contributed by atoms with Gasteiger partial charge in [0.1, 0.15) is 18.1 Å². The van der Waals surface area contributed by atoms with Crippen molar-refractivity contribution in [2.45, 2.75) is 64.6 Å². The van der Waals surface area contributed by atoms with E-state index in [1.807, 2.05) is 61.5 Å². The molecule has 1 heterocycles. The predicted octanol–water partition coefficient (Wildman–Crippen LogP) is 7.15. The topological polar surface area (TPSA) is 64.2 Å². The van der Waals surface area contributed by atoms with Crippen molar-refractivity contribution in [1.29, 1.82) is 0 Å². The number of aromatic amines is 1. The maximum Gasteiger partial charge on any atom is 0.188 e. The lowest BCUT2D eigenvalue weighted by Gasteiger charge is -2.32. The molecule has 1 aromatic heterocycles. The number of hydrogen-bond donors (Lipinski definition) is 1. The Balaban J connectivity index is 1.55. The van der Waals surface area contributed by atoms with Crippen LogP contribution in [0.3, 0.4) is 0 Å². The number of benzene rings is 3. The number of Topliss-reactive ketones (excluding diaryl/α,β-unsaturated/α-hetero) is 1. The second-order valence-corrected chi connectivity index (χ2v) is 10.9. The van der Waals surface area contributed by atoms with Gasteiger partial charge in [-0.25, -0.2) is 4.98 Å². The zero-order valence-electron chi connectivity index (χ0n) is 22.0. The minimum absolute atomic E-state index is 0.0203. The van der Waals surface area contributed by atoms with Crippen molar-refractivity contribution in [3.05, 3.63) is 113 Å². The Labute approximate surface area is 218 Å². The number of nitrogens with one attached hydrogen (secondary N) is 1. The van der Waals surface area contributed by atoms with E-state index in [0.717, 1.165) is 40.8 Å². The molecule has 0 saturated heterocycles. The minimum atomic E-state index is -0.863. The summed E-state index contributed by atoms with van der Waals surface area (Å²) in [4.78, 5) is 20.6. The SMILES string of the molecule is CC(C)(C)c1cccc(OCc2c(O[C@@](C)(c3ccccc3)c3ncc[nH]3)ccc3c2CCCC3=O)c1. The lowest BCUT2D eigenvalue weighted by molar-refractivity contribution is 0.0970. The third-order valence-electron chi connectivity index (χ3n) is 7.19. The highest BCUT2D eigenvalue weighted by Crippen LogP contribution is 2.38. The quantitative estimate of drug-likeness (QED) is 0.296. The summed E-state index contributed by atoms with van der Waals surface area (Å²) in [5.41, 5.74) is 4.06. The number of ketones is 1. The minimum Gasteiger partial charge on any atom is -0.489 e. The van der Waals surface area contributed by atoms with Crippen molar-refractivity contribution in [3.8, 4) is 11.5 Å². The van der Waals surface area contributed by atoms with Crippen molar-refractivity contribution in [1.82, 2.24) is 9.97 Å². The molecule has 0 saturated carbocycles. The number of aromatic nitrogens is 2. The monoisotopic (exact) mass is 494 g/mol. The summed E-state index contributed by atoms with van der Waals surface area (Å²) in [7, 11) is 0. The molecule has 5 rings (SSSR count). The summed E-state index contributed by atoms with van der Waals surface area (Å²) < 4.78 is 13.2. The van der Waals surface area contributed by atoms with E-state index < -0.39 is 5.60 Å². The molecule has 0 bridgehead atoms. The van der Waals surface area contributed by atoms with Gasteiger partial charge in [0, 0.05) is 35.5 Å². The van der Waals surface area contributed by atoms with Crippen LogP contribution in [0.15, 0.2) is 79.1 Å². The van der Waals surface area contributed by atoms with E-state index in [1.165, 1.54) is 5.56 Å². The van der Waals surface area contributed by atoms with E-state index in [9.17, 15) is 4.79 Å². The van der Waals surface area contributed by atoms with E-state index in [1.54, 1.807) is 12.4 Å². The van der Waals surface area contributed by atoms with Crippen molar-refractivity contribution >= 4 is 5.78 Å². The summed E-state index contributed by atoms with van der Waals surface area (Å²) in [5, 5.41) is 0. The molecule has 5 nitrogen and oxygen atoms in total. The third-order valence-corrected chi connectivity index (χ3v) is 7.19. The number of imidazole rings is 1. The Morgan fingerprint density at radius 1 is 0.919 bits per heavy atom. The maximum absolute atomic E-state index is 12.8. The van der Waals surface area contributed by atoms with Gasteiger partial charge in [0.25, 0.3) is 0 Å². The molecule has 37 heavy (non-hydrogen) atoms. The summed E-state index contributed by atoms with van der Waals surface area (Å²) in [6.45, 7) is 8.90. The molecule has 190 valence electrons. The van der Waals surface area contributed by atoms with Gasteiger partial charge in [0.2, 0.25) is 0 Å². The van der Waals surface area contributed by atoms with Gasteiger partial charge in [0.15, 0.2) is 17.2 Å². The van der Waals surface area contributed by atoms with Crippen LogP contribution in [0.2, 0.25) is 0 Å². The lowest BCUT2D eigenvalue weighted by atomic mass is 9.86. The molecule has 0 radical (unpaired) electrons. The number of H-pyrrole nitrogens is 1. The van der Waals surface area contributed by atoms with Crippen LogP contribution in [0.1, 0.15) is 79.0 Å². The molecule has 0 aliphatic heterocycles. The van der Waals surface area contributed by atoms with Gasteiger partial charge in [-0.3, -0.25) is 4.79 Å². The van der Waals surface area contributed by atoms with Gasteiger partial charge in [-0.1, -0.05) is 63.2 Å². The van der Waals surface area contributed by atoms with Crippen LogP contribution in [-0.4, -0.2) is 15.8 Å². The predicted molar refractivity (Wildman–Crippen MR) is 145 cm³/mol. The molecule has 1 aliphatic rings. The van der Waals surface area contributed by atoms with Crippen LogP contribution < -0.4 is 9.47 Å². The van der Waals surface area contributed by atoms with Crippen molar-refractivity contribution in [2.75, 3.05) is 0 Å². The maximum atomic E-state index is 12.8. The lowest BCUT2D eigenvalue weighted by Crippen LogP contribution is -2.33. The first-order chi connectivity index (χ1) is 17.8. The third kappa shape index (κ3) is 5.04. The molecule has 0 fully saturated rings. The number of ether oxygens (including phenoxy) is 2. The van der Waals surface area contributed by atoms with Gasteiger partial charge in [0.05, 0.1) is 0 Å². The second-order valence-electron chi connectivity index (χ2n) is 10.9.